The van der Waals surface area contributed by atoms with Gasteiger partial charge in [-0.25, -0.2) is 0 Å². The Labute approximate surface area is 116 Å². The van der Waals surface area contributed by atoms with Crippen LogP contribution >= 0.6 is 0 Å². The van der Waals surface area contributed by atoms with E-state index in [4.69, 9.17) is 4.74 Å². The van der Waals surface area contributed by atoms with Gasteiger partial charge in [0.25, 0.3) is 0 Å². The molecule has 0 spiro atoms. The third-order valence-corrected chi connectivity index (χ3v) is 3.50. The third kappa shape index (κ3) is 4.51. The minimum atomic E-state index is -0.703. The maximum absolute atomic E-state index is 12.6. The lowest BCUT2D eigenvalue weighted by atomic mass is 9.79. The first kappa shape index (κ1) is 16.0. The number of amides is 1. The summed E-state index contributed by atoms with van der Waals surface area (Å²) in [4.78, 5) is 26.5. The molecule has 1 aliphatic rings. The molecular weight excluding hydrogens is 242 g/mol. The number of carbonyl (C=O) groups excluding carboxylic acids is 2. The van der Waals surface area contributed by atoms with E-state index in [1.165, 1.54) is 12.8 Å². The lowest BCUT2D eigenvalue weighted by Crippen LogP contribution is -2.46. The zero-order chi connectivity index (χ0) is 14.6. The molecule has 1 saturated carbocycles. The van der Waals surface area contributed by atoms with Crippen LogP contribution in [0.2, 0.25) is 0 Å². The standard InChI is InChI=1S/C15H27NO3/c1-6-16(10-11-8-9-11)13(17)12(15(3,4)5)14(18)19-7-2/h11-12H,6-10H2,1-5H3. The van der Waals surface area contributed by atoms with Gasteiger partial charge in [-0.05, 0) is 38.0 Å². The van der Waals surface area contributed by atoms with E-state index in [2.05, 4.69) is 0 Å². The van der Waals surface area contributed by atoms with Crippen molar-refractivity contribution in [2.45, 2.75) is 47.5 Å². The molecule has 1 atom stereocenters. The zero-order valence-electron chi connectivity index (χ0n) is 12.9. The number of esters is 1. The molecule has 4 heteroatoms. The first-order valence-electron chi connectivity index (χ1n) is 7.26. The van der Waals surface area contributed by atoms with Crippen LogP contribution in [0, 0.1) is 17.3 Å². The van der Waals surface area contributed by atoms with E-state index in [0.717, 1.165) is 6.54 Å². The summed E-state index contributed by atoms with van der Waals surface area (Å²) in [5.41, 5.74) is -0.416. The van der Waals surface area contributed by atoms with Gasteiger partial charge >= 0.3 is 5.97 Å². The number of nitrogens with zero attached hydrogens (tertiary/aromatic N) is 1. The van der Waals surface area contributed by atoms with Gasteiger partial charge in [-0.3, -0.25) is 9.59 Å². The van der Waals surface area contributed by atoms with Crippen molar-refractivity contribution in [3.63, 3.8) is 0 Å². The van der Waals surface area contributed by atoms with Gasteiger partial charge in [0.1, 0.15) is 5.92 Å². The normalized spacial score (nSPS) is 16.9. The number of rotatable bonds is 6. The Morgan fingerprint density at radius 3 is 2.21 bits per heavy atom. The summed E-state index contributed by atoms with van der Waals surface area (Å²) in [6.07, 6.45) is 2.40. The Kier molecular flexibility index (Phi) is 5.39. The topological polar surface area (TPSA) is 46.6 Å². The van der Waals surface area contributed by atoms with E-state index in [-0.39, 0.29) is 5.91 Å². The minimum Gasteiger partial charge on any atom is -0.465 e. The van der Waals surface area contributed by atoms with Gasteiger partial charge < -0.3 is 9.64 Å². The van der Waals surface area contributed by atoms with Crippen molar-refractivity contribution in [2.75, 3.05) is 19.7 Å². The number of hydrogen-bond acceptors (Lipinski definition) is 3. The molecule has 1 aliphatic carbocycles. The molecule has 110 valence electrons. The number of carbonyl (C=O) groups is 2. The molecule has 0 heterocycles. The average Bonchev–Trinajstić information content (AvgIpc) is 3.07. The van der Waals surface area contributed by atoms with Crippen molar-refractivity contribution in [1.29, 1.82) is 0 Å². The molecule has 1 amide bonds. The van der Waals surface area contributed by atoms with Crippen LogP contribution in [0.15, 0.2) is 0 Å². The van der Waals surface area contributed by atoms with Crippen LogP contribution in [0.4, 0.5) is 0 Å². The molecule has 1 rings (SSSR count). The third-order valence-electron chi connectivity index (χ3n) is 3.50. The molecule has 0 N–H and O–H groups in total. The van der Waals surface area contributed by atoms with Gasteiger partial charge in [-0.1, -0.05) is 20.8 Å². The summed E-state index contributed by atoms with van der Waals surface area (Å²) in [6, 6.07) is 0. The van der Waals surface area contributed by atoms with Crippen molar-refractivity contribution < 1.29 is 14.3 Å². The van der Waals surface area contributed by atoms with E-state index in [9.17, 15) is 9.59 Å². The molecule has 19 heavy (non-hydrogen) atoms. The molecule has 0 aromatic rings. The fraction of sp³-hybridized carbons (Fsp3) is 0.867. The van der Waals surface area contributed by atoms with Gasteiger partial charge in [-0.15, -0.1) is 0 Å². The van der Waals surface area contributed by atoms with Crippen LogP contribution in [0.5, 0.6) is 0 Å². The average molecular weight is 269 g/mol. The highest BCUT2D eigenvalue weighted by molar-refractivity contribution is 5.98. The van der Waals surface area contributed by atoms with Gasteiger partial charge in [0, 0.05) is 13.1 Å². The highest BCUT2D eigenvalue weighted by Crippen LogP contribution is 2.33. The summed E-state index contributed by atoms with van der Waals surface area (Å²) in [7, 11) is 0. The molecule has 1 fully saturated rings. The van der Waals surface area contributed by atoms with E-state index >= 15 is 0 Å². The van der Waals surface area contributed by atoms with E-state index < -0.39 is 17.3 Å². The van der Waals surface area contributed by atoms with E-state index in [0.29, 0.717) is 19.1 Å². The molecule has 0 aromatic carbocycles. The van der Waals surface area contributed by atoms with E-state index in [1.54, 1.807) is 6.92 Å². The van der Waals surface area contributed by atoms with Crippen LogP contribution < -0.4 is 0 Å². The molecule has 4 nitrogen and oxygen atoms in total. The number of hydrogen-bond donors (Lipinski definition) is 0. The predicted octanol–water partition coefficient (Wildman–Crippen LogP) is 2.47. The molecular formula is C15H27NO3. The lowest BCUT2D eigenvalue weighted by molar-refractivity contribution is -0.160. The largest absolute Gasteiger partial charge is 0.465 e. The first-order chi connectivity index (χ1) is 8.81. The van der Waals surface area contributed by atoms with Crippen molar-refractivity contribution in [1.82, 2.24) is 4.90 Å². The van der Waals surface area contributed by atoms with Gasteiger partial charge in [0.2, 0.25) is 5.91 Å². The second-order valence-corrected chi connectivity index (χ2v) is 6.37. The molecule has 0 aliphatic heterocycles. The molecule has 0 bridgehead atoms. The fourth-order valence-corrected chi connectivity index (χ4v) is 2.22. The maximum Gasteiger partial charge on any atom is 0.319 e. The zero-order valence-corrected chi connectivity index (χ0v) is 12.9. The van der Waals surface area contributed by atoms with Gasteiger partial charge in [0.15, 0.2) is 0 Å². The summed E-state index contributed by atoms with van der Waals surface area (Å²) in [5, 5.41) is 0. The second-order valence-electron chi connectivity index (χ2n) is 6.37. The SMILES string of the molecule is CCOC(=O)C(C(=O)N(CC)CC1CC1)C(C)(C)C. The Morgan fingerprint density at radius 2 is 1.84 bits per heavy atom. The molecule has 0 aromatic heterocycles. The highest BCUT2D eigenvalue weighted by Gasteiger charge is 2.41. The van der Waals surface area contributed by atoms with Crippen LogP contribution in [-0.4, -0.2) is 36.5 Å². The van der Waals surface area contributed by atoms with Crippen molar-refractivity contribution in [3.05, 3.63) is 0 Å². The van der Waals surface area contributed by atoms with Gasteiger partial charge in [-0.2, -0.15) is 0 Å². The summed E-state index contributed by atoms with van der Waals surface area (Å²) >= 11 is 0. The van der Waals surface area contributed by atoms with Crippen molar-refractivity contribution >= 4 is 11.9 Å². The summed E-state index contributed by atoms with van der Waals surface area (Å²) in [5.74, 6) is -0.549. The maximum atomic E-state index is 12.6. The lowest BCUT2D eigenvalue weighted by Gasteiger charge is -2.32. The Balaban J connectivity index is 2.82. The highest BCUT2D eigenvalue weighted by atomic mass is 16.5. The van der Waals surface area contributed by atoms with Crippen LogP contribution in [0.1, 0.15) is 47.5 Å². The fourth-order valence-electron chi connectivity index (χ4n) is 2.22. The van der Waals surface area contributed by atoms with Gasteiger partial charge in [0.05, 0.1) is 6.61 Å². The van der Waals surface area contributed by atoms with Crippen LogP contribution in [0.3, 0.4) is 0 Å². The van der Waals surface area contributed by atoms with Crippen molar-refractivity contribution in [3.8, 4) is 0 Å². The predicted molar refractivity (Wildman–Crippen MR) is 74.6 cm³/mol. The minimum absolute atomic E-state index is 0.0830. The molecule has 1 unspecified atom stereocenters. The van der Waals surface area contributed by atoms with Crippen LogP contribution in [-0.2, 0) is 14.3 Å². The first-order valence-corrected chi connectivity index (χ1v) is 7.26. The Bertz CT molecular complexity index is 329. The van der Waals surface area contributed by atoms with Crippen LogP contribution in [0.25, 0.3) is 0 Å². The Hall–Kier alpha value is -1.06. The molecule has 0 saturated heterocycles. The summed E-state index contributed by atoms with van der Waals surface area (Å²) in [6.45, 7) is 11.2. The quantitative estimate of drug-likeness (QED) is 0.549. The smallest absolute Gasteiger partial charge is 0.319 e. The monoisotopic (exact) mass is 269 g/mol. The van der Waals surface area contributed by atoms with Crippen molar-refractivity contribution in [2.24, 2.45) is 17.3 Å². The number of ether oxygens (including phenoxy) is 1. The molecule has 0 radical (unpaired) electrons. The Morgan fingerprint density at radius 1 is 1.26 bits per heavy atom. The van der Waals surface area contributed by atoms with E-state index in [1.807, 2.05) is 32.6 Å². The summed E-state index contributed by atoms with van der Waals surface area (Å²) < 4.78 is 5.08. The second kappa shape index (κ2) is 6.40.